The van der Waals surface area contributed by atoms with Gasteiger partial charge in [-0.1, -0.05) is 48.2 Å². The lowest BCUT2D eigenvalue weighted by Gasteiger charge is -2.09. The van der Waals surface area contributed by atoms with Crippen molar-refractivity contribution in [2.24, 2.45) is 5.92 Å². The van der Waals surface area contributed by atoms with Crippen LogP contribution in [0.2, 0.25) is 0 Å². The van der Waals surface area contributed by atoms with E-state index in [1.54, 1.807) is 0 Å². The number of hydrogen-bond acceptors (Lipinski definition) is 2. The summed E-state index contributed by atoms with van der Waals surface area (Å²) in [5, 5.41) is 0. The van der Waals surface area contributed by atoms with Gasteiger partial charge in [-0.05, 0) is 26.7 Å². The normalized spacial score (nSPS) is 13.6. The third-order valence-electron chi connectivity index (χ3n) is 2.45. The van der Waals surface area contributed by atoms with Crippen LogP contribution in [0.4, 0.5) is 0 Å². The van der Waals surface area contributed by atoms with Crippen molar-refractivity contribution in [1.29, 1.82) is 0 Å². The Balaban J connectivity index is 3.87. The van der Waals surface area contributed by atoms with Gasteiger partial charge in [-0.3, -0.25) is 4.79 Å². The molecule has 0 aliphatic rings. The van der Waals surface area contributed by atoms with Crippen molar-refractivity contribution in [3.8, 4) is 0 Å². The molecule has 94 valence electrons. The van der Waals surface area contributed by atoms with Gasteiger partial charge in [0.2, 0.25) is 0 Å². The minimum atomic E-state index is -0.175. The highest BCUT2D eigenvalue weighted by Gasteiger charge is 2.16. The topological polar surface area (TPSA) is 26.3 Å². The van der Waals surface area contributed by atoms with E-state index in [2.05, 4.69) is 28.9 Å². The van der Waals surface area contributed by atoms with E-state index in [9.17, 15) is 4.79 Å². The fourth-order valence-corrected chi connectivity index (χ4v) is 1.78. The zero-order valence-corrected chi connectivity index (χ0v) is 12.2. The second kappa shape index (κ2) is 9.88. The Hall–Kier alpha value is -0.310. The molecule has 0 aliphatic carbocycles. The molecule has 0 spiro atoms. The Labute approximate surface area is 108 Å². The average molecular weight is 291 g/mol. The first-order valence-corrected chi connectivity index (χ1v) is 6.94. The molecule has 0 heterocycles. The molecular weight excluding hydrogens is 268 g/mol. The molecule has 0 rings (SSSR count). The third kappa shape index (κ3) is 7.04. The zero-order valence-electron chi connectivity index (χ0n) is 10.6. The SMILES string of the molecule is CCCCCC/C=C(/Br)C(C)C(=O)OCC. The van der Waals surface area contributed by atoms with Gasteiger partial charge in [-0.25, -0.2) is 0 Å². The van der Waals surface area contributed by atoms with Crippen molar-refractivity contribution in [2.45, 2.75) is 52.9 Å². The summed E-state index contributed by atoms with van der Waals surface area (Å²) in [5.41, 5.74) is 0. The summed E-state index contributed by atoms with van der Waals surface area (Å²) in [6.07, 6.45) is 8.13. The summed E-state index contributed by atoms with van der Waals surface area (Å²) in [5.74, 6) is -0.328. The van der Waals surface area contributed by atoms with E-state index in [0.717, 1.165) is 10.9 Å². The Morgan fingerprint density at radius 1 is 1.31 bits per heavy atom. The first-order chi connectivity index (χ1) is 7.63. The van der Waals surface area contributed by atoms with Gasteiger partial charge in [0.25, 0.3) is 0 Å². The summed E-state index contributed by atoms with van der Waals surface area (Å²) in [7, 11) is 0. The van der Waals surface area contributed by atoms with Gasteiger partial charge >= 0.3 is 5.97 Å². The number of rotatable bonds is 8. The highest BCUT2D eigenvalue weighted by atomic mass is 79.9. The van der Waals surface area contributed by atoms with Gasteiger partial charge in [0.15, 0.2) is 0 Å². The van der Waals surface area contributed by atoms with Gasteiger partial charge in [-0.15, -0.1) is 0 Å². The summed E-state index contributed by atoms with van der Waals surface area (Å²) < 4.78 is 5.91. The molecule has 0 radical (unpaired) electrons. The molecule has 2 nitrogen and oxygen atoms in total. The molecule has 0 saturated heterocycles. The standard InChI is InChI=1S/C13H23BrO2/c1-4-6-7-8-9-10-12(14)11(3)13(15)16-5-2/h10-11H,4-9H2,1-3H3/b12-10+. The predicted octanol–water partition coefficient (Wildman–Crippen LogP) is 4.43. The predicted molar refractivity (Wildman–Crippen MR) is 71.6 cm³/mol. The Morgan fingerprint density at radius 3 is 2.56 bits per heavy atom. The summed E-state index contributed by atoms with van der Waals surface area (Å²) in [6.45, 7) is 6.34. The summed E-state index contributed by atoms with van der Waals surface area (Å²) in [6, 6.07) is 0. The van der Waals surface area contributed by atoms with Gasteiger partial charge < -0.3 is 4.74 Å². The van der Waals surface area contributed by atoms with E-state index >= 15 is 0 Å². The fraction of sp³-hybridized carbons (Fsp3) is 0.769. The highest BCUT2D eigenvalue weighted by Crippen LogP contribution is 2.20. The number of carbonyl (C=O) groups is 1. The largest absolute Gasteiger partial charge is 0.466 e. The number of unbranched alkanes of at least 4 members (excludes halogenated alkanes) is 4. The van der Waals surface area contributed by atoms with Crippen LogP contribution >= 0.6 is 15.9 Å². The van der Waals surface area contributed by atoms with E-state index in [1.165, 1.54) is 25.7 Å². The number of hydrogen-bond donors (Lipinski definition) is 0. The Bertz CT molecular complexity index is 224. The first-order valence-electron chi connectivity index (χ1n) is 6.15. The number of esters is 1. The van der Waals surface area contributed by atoms with E-state index in [-0.39, 0.29) is 11.9 Å². The average Bonchev–Trinajstić information content (AvgIpc) is 2.27. The van der Waals surface area contributed by atoms with Crippen LogP contribution in [0.15, 0.2) is 10.6 Å². The minimum Gasteiger partial charge on any atom is -0.466 e. The van der Waals surface area contributed by atoms with E-state index in [4.69, 9.17) is 4.74 Å². The van der Waals surface area contributed by atoms with Crippen molar-refractivity contribution in [3.05, 3.63) is 10.6 Å². The molecule has 0 aliphatic heterocycles. The molecule has 0 aromatic carbocycles. The molecule has 0 bridgehead atoms. The zero-order chi connectivity index (χ0) is 12.4. The smallest absolute Gasteiger partial charge is 0.313 e. The molecule has 1 unspecified atom stereocenters. The molecule has 0 saturated carbocycles. The second-order valence-electron chi connectivity index (χ2n) is 3.91. The van der Waals surface area contributed by atoms with Crippen LogP contribution in [0.5, 0.6) is 0 Å². The molecule has 16 heavy (non-hydrogen) atoms. The van der Waals surface area contributed by atoms with Crippen LogP contribution in [0, 0.1) is 5.92 Å². The van der Waals surface area contributed by atoms with E-state index in [1.807, 2.05) is 13.8 Å². The minimum absolute atomic E-state index is 0.154. The van der Waals surface area contributed by atoms with Crippen LogP contribution in [0.3, 0.4) is 0 Å². The van der Waals surface area contributed by atoms with Crippen LogP contribution in [0.1, 0.15) is 52.9 Å². The van der Waals surface area contributed by atoms with Gasteiger partial charge in [-0.2, -0.15) is 0 Å². The molecule has 0 aromatic rings. The number of halogens is 1. The maximum Gasteiger partial charge on any atom is 0.313 e. The maximum absolute atomic E-state index is 11.4. The van der Waals surface area contributed by atoms with E-state index < -0.39 is 0 Å². The quantitative estimate of drug-likeness (QED) is 0.488. The van der Waals surface area contributed by atoms with Crippen molar-refractivity contribution < 1.29 is 9.53 Å². The van der Waals surface area contributed by atoms with Crippen LogP contribution < -0.4 is 0 Å². The van der Waals surface area contributed by atoms with Crippen LogP contribution in [-0.2, 0) is 9.53 Å². The van der Waals surface area contributed by atoms with Crippen molar-refractivity contribution >= 4 is 21.9 Å². The Kier molecular flexibility index (Phi) is 9.69. The first kappa shape index (κ1) is 15.7. The molecule has 0 aromatic heterocycles. The monoisotopic (exact) mass is 290 g/mol. The summed E-state index contributed by atoms with van der Waals surface area (Å²) in [4.78, 5) is 11.4. The van der Waals surface area contributed by atoms with Crippen molar-refractivity contribution in [1.82, 2.24) is 0 Å². The third-order valence-corrected chi connectivity index (χ3v) is 3.46. The van der Waals surface area contributed by atoms with Gasteiger partial charge in [0.1, 0.15) is 0 Å². The second-order valence-corrected chi connectivity index (χ2v) is 4.83. The van der Waals surface area contributed by atoms with Gasteiger partial charge in [0, 0.05) is 4.48 Å². The molecule has 1 atom stereocenters. The number of carbonyl (C=O) groups excluding carboxylic acids is 1. The maximum atomic E-state index is 11.4. The number of ether oxygens (including phenoxy) is 1. The van der Waals surface area contributed by atoms with Crippen LogP contribution in [0.25, 0.3) is 0 Å². The number of allylic oxidation sites excluding steroid dienone is 1. The molecule has 0 amide bonds. The fourth-order valence-electron chi connectivity index (χ4n) is 1.37. The molecule has 3 heteroatoms. The lowest BCUT2D eigenvalue weighted by atomic mass is 10.1. The van der Waals surface area contributed by atoms with Crippen molar-refractivity contribution in [3.63, 3.8) is 0 Å². The van der Waals surface area contributed by atoms with Crippen LogP contribution in [-0.4, -0.2) is 12.6 Å². The highest BCUT2D eigenvalue weighted by molar-refractivity contribution is 9.11. The Morgan fingerprint density at radius 2 is 2.00 bits per heavy atom. The molecule has 0 fully saturated rings. The summed E-state index contributed by atoms with van der Waals surface area (Å²) >= 11 is 3.44. The van der Waals surface area contributed by atoms with Crippen molar-refractivity contribution in [2.75, 3.05) is 6.61 Å². The molecule has 0 N–H and O–H groups in total. The molecular formula is C13H23BrO2. The van der Waals surface area contributed by atoms with Gasteiger partial charge in [0.05, 0.1) is 12.5 Å². The van der Waals surface area contributed by atoms with E-state index in [0.29, 0.717) is 6.61 Å². The lowest BCUT2D eigenvalue weighted by molar-refractivity contribution is -0.145. The lowest BCUT2D eigenvalue weighted by Crippen LogP contribution is -2.14.